The molecule has 0 aromatic carbocycles. The molecule has 2 N–H and O–H groups in total. The molecule has 2 aromatic rings. The molecular weight excluding hydrogens is 314 g/mol. The average Bonchev–Trinajstić information content (AvgIpc) is 3.20. The number of aliphatic imine (C=N–C) groups is 1. The van der Waals surface area contributed by atoms with Gasteiger partial charge in [-0.3, -0.25) is 9.67 Å². The van der Waals surface area contributed by atoms with Crippen LogP contribution >= 0.6 is 0 Å². The second-order valence-electron chi connectivity index (χ2n) is 6.44. The summed E-state index contributed by atoms with van der Waals surface area (Å²) >= 11 is 0. The second-order valence-corrected chi connectivity index (χ2v) is 6.44. The molecule has 1 atom stereocenters. The lowest BCUT2D eigenvalue weighted by Crippen LogP contribution is -2.42. The van der Waals surface area contributed by atoms with Gasteiger partial charge < -0.3 is 15.1 Å². The summed E-state index contributed by atoms with van der Waals surface area (Å²) in [5.41, 5.74) is 2.27. The fourth-order valence-corrected chi connectivity index (χ4v) is 2.56. The van der Waals surface area contributed by atoms with Gasteiger partial charge in [0.1, 0.15) is 5.76 Å². The molecule has 0 bridgehead atoms. The zero-order chi connectivity index (χ0) is 18.1. The molecule has 0 fully saturated rings. The Bertz CT molecular complexity index is 645. The lowest BCUT2D eigenvalue weighted by atomic mass is 10.3. The minimum absolute atomic E-state index is 0.394. The molecule has 6 heteroatoms. The Morgan fingerprint density at radius 1 is 1.40 bits per heavy atom. The summed E-state index contributed by atoms with van der Waals surface area (Å²) in [4.78, 5) is 4.70. The first kappa shape index (κ1) is 19.1. The van der Waals surface area contributed by atoms with Gasteiger partial charge in [0, 0.05) is 37.8 Å². The predicted octanol–water partition coefficient (Wildman–Crippen LogP) is 3.06. The van der Waals surface area contributed by atoms with Gasteiger partial charge >= 0.3 is 0 Å². The molecule has 2 rings (SSSR count). The SMILES string of the molecule is CCC(C)NC(=NCCCn1nc(C)cc1C)NCCc1ccco1. The van der Waals surface area contributed by atoms with Crippen molar-refractivity contribution in [2.75, 3.05) is 13.1 Å². The first-order valence-electron chi connectivity index (χ1n) is 9.16. The molecule has 1 unspecified atom stereocenters. The maximum absolute atomic E-state index is 5.37. The lowest BCUT2D eigenvalue weighted by molar-refractivity contribution is 0.506. The summed E-state index contributed by atoms with van der Waals surface area (Å²) in [6, 6.07) is 6.41. The molecular formula is C19H31N5O. The van der Waals surface area contributed by atoms with Crippen molar-refractivity contribution in [3.8, 4) is 0 Å². The van der Waals surface area contributed by atoms with Gasteiger partial charge in [0.2, 0.25) is 0 Å². The lowest BCUT2D eigenvalue weighted by Gasteiger charge is -2.17. The normalized spacial score (nSPS) is 13.0. The van der Waals surface area contributed by atoms with Crippen LogP contribution in [0.1, 0.15) is 43.8 Å². The molecule has 0 radical (unpaired) electrons. The van der Waals surface area contributed by atoms with Crippen LogP contribution in [0.3, 0.4) is 0 Å². The number of nitrogens with one attached hydrogen (secondary N) is 2. The number of guanidine groups is 1. The minimum atomic E-state index is 0.394. The highest BCUT2D eigenvalue weighted by Crippen LogP contribution is 2.03. The Balaban J connectivity index is 1.80. The summed E-state index contributed by atoms with van der Waals surface area (Å²) in [7, 11) is 0. The van der Waals surface area contributed by atoms with Crippen molar-refractivity contribution in [2.45, 2.75) is 59.5 Å². The monoisotopic (exact) mass is 345 g/mol. The highest BCUT2D eigenvalue weighted by molar-refractivity contribution is 5.80. The number of aromatic nitrogens is 2. The summed E-state index contributed by atoms with van der Waals surface area (Å²) < 4.78 is 7.42. The van der Waals surface area contributed by atoms with Crippen molar-refractivity contribution in [1.29, 1.82) is 0 Å². The first-order valence-corrected chi connectivity index (χ1v) is 9.16. The first-order chi connectivity index (χ1) is 12.1. The molecule has 25 heavy (non-hydrogen) atoms. The molecule has 0 aliphatic carbocycles. The van der Waals surface area contributed by atoms with Gasteiger partial charge in [-0.25, -0.2) is 0 Å². The van der Waals surface area contributed by atoms with E-state index in [-0.39, 0.29) is 0 Å². The molecule has 2 aromatic heterocycles. The van der Waals surface area contributed by atoms with Crippen LogP contribution in [0.15, 0.2) is 33.9 Å². The Morgan fingerprint density at radius 2 is 2.24 bits per heavy atom. The van der Waals surface area contributed by atoms with Crippen LogP contribution in [0.2, 0.25) is 0 Å². The zero-order valence-electron chi connectivity index (χ0n) is 15.9. The van der Waals surface area contributed by atoms with Gasteiger partial charge in [-0.2, -0.15) is 5.10 Å². The smallest absolute Gasteiger partial charge is 0.191 e. The van der Waals surface area contributed by atoms with Crippen LogP contribution in [0.4, 0.5) is 0 Å². The quantitative estimate of drug-likeness (QED) is 0.416. The third kappa shape index (κ3) is 6.64. The maximum Gasteiger partial charge on any atom is 0.191 e. The van der Waals surface area contributed by atoms with Crippen LogP contribution in [0, 0.1) is 13.8 Å². The van der Waals surface area contributed by atoms with Crippen molar-refractivity contribution in [2.24, 2.45) is 4.99 Å². The number of aryl methyl sites for hydroxylation is 3. The minimum Gasteiger partial charge on any atom is -0.469 e. The van der Waals surface area contributed by atoms with Crippen molar-refractivity contribution >= 4 is 5.96 Å². The number of furan rings is 1. The van der Waals surface area contributed by atoms with Gasteiger partial charge in [-0.1, -0.05) is 6.92 Å². The summed E-state index contributed by atoms with van der Waals surface area (Å²) in [6.07, 6.45) is 4.58. The van der Waals surface area contributed by atoms with Gasteiger partial charge in [0.25, 0.3) is 0 Å². The van der Waals surface area contributed by atoms with E-state index >= 15 is 0 Å². The Kier molecular flexibility index (Phi) is 7.57. The number of rotatable bonds is 9. The number of hydrogen-bond donors (Lipinski definition) is 2. The summed E-state index contributed by atoms with van der Waals surface area (Å²) in [5.74, 6) is 1.86. The van der Waals surface area contributed by atoms with E-state index in [4.69, 9.17) is 9.41 Å². The van der Waals surface area contributed by atoms with Crippen LogP contribution in [0.25, 0.3) is 0 Å². The molecule has 6 nitrogen and oxygen atoms in total. The van der Waals surface area contributed by atoms with Gasteiger partial charge in [0.15, 0.2) is 5.96 Å². The average molecular weight is 345 g/mol. The van der Waals surface area contributed by atoms with E-state index in [0.717, 1.165) is 56.3 Å². The van der Waals surface area contributed by atoms with E-state index in [0.29, 0.717) is 6.04 Å². The van der Waals surface area contributed by atoms with Crippen molar-refractivity contribution < 1.29 is 4.42 Å². The molecule has 138 valence electrons. The molecule has 0 aliphatic rings. The van der Waals surface area contributed by atoms with Crippen molar-refractivity contribution in [3.63, 3.8) is 0 Å². The van der Waals surface area contributed by atoms with Crippen LogP contribution in [-0.4, -0.2) is 34.9 Å². The van der Waals surface area contributed by atoms with E-state index in [2.05, 4.69) is 47.3 Å². The zero-order valence-corrected chi connectivity index (χ0v) is 15.9. The predicted molar refractivity (Wildman–Crippen MR) is 102 cm³/mol. The van der Waals surface area contributed by atoms with E-state index < -0.39 is 0 Å². The number of nitrogens with zero attached hydrogens (tertiary/aromatic N) is 3. The Labute approximate surface area is 150 Å². The molecule has 2 heterocycles. The topological polar surface area (TPSA) is 67.4 Å². The third-order valence-electron chi connectivity index (χ3n) is 4.14. The Morgan fingerprint density at radius 3 is 2.88 bits per heavy atom. The van der Waals surface area contributed by atoms with E-state index in [9.17, 15) is 0 Å². The highest BCUT2D eigenvalue weighted by Gasteiger charge is 2.05. The Hall–Kier alpha value is -2.24. The summed E-state index contributed by atoms with van der Waals surface area (Å²) in [5, 5.41) is 11.3. The maximum atomic E-state index is 5.37. The highest BCUT2D eigenvalue weighted by atomic mass is 16.3. The fraction of sp³-hybridized carbons (Fsp3) is 0.579. The van der Waals surface area contributed by atoms with Crippen molar-refractivity contribution in [3.05, 3.63) is 41.6 Å². The van der Waals surface area contributed by atoms with E-state index in [1.165, 1.54) is 5.69 Å². The number of hydrogen-bond acceptors (Lipinski definition) is 3. The van der Waals surface area contributed by atoms with E-state index in [1.54, 1.807) is 6.26 Å². The standard InChI is InChI=1S/C19H31N5O/c1-5-15(2)22-19(21-11-9-18-8-6-13-25-18)20-10-7-12-24-17(4)14-16(3)23-24/h6,8,13-15H,5,7,9-12H2,1-4H3,(H2,20,21,22). The van der Waals surface area contributed by atoms with Gasteiger partial charge in [-0.05, 0) is 51.8 Å². The van der Waals surface area contributed by atoms with Gasteiger partial charge in [-0.15, -0.1) is 0 Å². The van der Waals surface area contributed by atoms with Crippen LogP contribution < -0.4 is 10.6 Å². The molecule has 0 amide bonds. The second kappa shape index (κ2) is 9.91. The largest absolute Gasteiger partial charge is 0.469 e. The molecule has 0 saturated carbocycles. The fourth-order valence-electron chi connectivity index (χ4n) is 2.56. The van der Waals surface area contributed by atoms with Gasteiger partial charge in [0.05, 0.1) is 12.0 Å². The van der Waals surface area contributed by atoms with Crippen LogP contribution in [-0.2, 0) is 13.0 Å². The molecule has 0 spiro atoms. The molecule has 0 aliphatic heterocycles. The summed E-state index contributed by atoms with van der Waals surface area (Å²) in [6.45, 7) is 10.9. The van der Waals surface area contributed by atoms with Crippen molar-refractivity contribution in [1.82, 2.24) is 20.4 Å². The molecule has 0 saturated heterocycles. The van der Waals surface area contributed by atoms with Crippen LogP contribution in [0.5, 0.6) is 0 Å². The van der Waals surface area contributed by atoms with E-state index in [1.807, 2.05) is 19.1 Å². The third-order valence-corrected chi connectivity index (χ3v) is 4.14.